The zero-order valence-electron chi connectivity index (χ0n) is 8.25. The third-order valence-corrected chi connectivity index (χ3v) is 3.43. The molecule has 3 nitrogen and oxygen atoms in total. The Morgan fingerprint density at radius 2 is 2.31 bits per heavy atom. The van der Waals surface area contributed by atoms with Gasteiger partial charge in [-0.15, -0.1) is 0 Å². The lowest BCUT2D eigenvalue weighted by atomic mass is 10.1. The van der Waals surface area contributed by atoms with Crippen LogP contribution in [0.3, 0.4) is 0 Å². The van der Waals surface area contributed by atoms with Crippen LogP contribution < -0.4 is 5.73 Å². The largest absolute Gasteiger partial charge is 0.338 e. The van der Waals surface area contributed by atoms with Crippen LogP contribution in [-0.2, 0) is 4.79 Å². The number of carbonyl (C=O) groups excluding carboxylic acids is 1. The van der Waals surface area contributed by atoms with Gasteiger partial charge in [0.15, 0.2) is 0 Å². The molecule has 1 heterocycles. The molecule has 2 N–H and O–H groups in total. The summed E-state index contributed by atoms with van der Waals surface area (Å²) in [6, 6.07) is 0.324. The average molecular weight is 182 g/mol. The molecule has 1 aliphatic carbocycles. The van der Waals surface area contributed by atoms with Crippen molar-refractivity contribution in [3.05, 3.63) is 0 Å². The van der Waals surface area contributed by atoms with E-state index in [1.807, 2.05) is 4.90 Å². The molecule has 1 atom stereocenters. The molecule has 0 radical (unpaired) electrons. The van der Waals surface area contributed by atoms with E-state index < -0.39 is 0 Å². The predicted molar refractivity (Wildman–Crippen MR) is 51.1 cm³/mol. The van der Waals surface area contributed by atoms with E-state index >= 15 is 0 Å². The summed E-state index contributed by atoms with van der Waals surface area (Å²) in [6.07, 6.45) is 4.36. The van der Waals surface area contributed by atoms with E-state index in [1.54, 1.807) is 0 Å². The van der Waals surface area contributed by atoms with Gasteiger partial charge in [0.25, 0.3) is 0 Å². The van der Waals surface area contributed by atoms with Gasteiger partial charge in [-0.1, -0.05) is 6.92 Å². The SMILES string of the molecule is CC1(C(=O)N2CCCC2CN)CC1. The molecule has 1 amide bonds. The summed E-state index contributed by atoms with van der Waals surface area (Å²) in [5.74, 6) is 0.348. The van der Waals surface area contributed by atoms with Gasteiger partial charge in [-0.25, -0.2) is 0 Å². The van der Waals surface area contributed by atoms with Crippen molar-refractivity contribution in [2.45, 2.75) is 38.6 Å². The summed E-state index contributed by atoms with van der Waals surface area (Å²) in [4.78, 5) is 14.0. The third-order valence-electron chi connectivity index (χ3n) is 3.43. The zero-order valence-corrected chi connectivity index (χ0v) is 8.25. The highest BCUT2D eigenvalue weighted by atomic mass is 16.2. The standard InChI is InChI=1S/C10H18N2O/c1-10(4-5-10)9(13)12-6-2-3-8(12)7-11/h8H,2-7,11H2,1H3. The topological polar surface area (TPSA) is 46.3 Å². The van der Waals surface area contributed by atoms with Crippen LogP contribution in [0.2, 0.25) is 0 Å². The van der Waals surface area contributed by atoms with Gasteiger partial charge in [0, 0.05) is 24.5 Å². The van der Waals surface area contributed by atoms with Crippen LogP contribution in [0.25, 0.3) is 0 Å². The molecule has 3 heteroatoms. The minimum absolute atomic E-state index is 0.0161. The summed E-state index contributed by atoms with van der Waals surface area (Å²) < 4.78 is 0. The molecule has 0 aromatic heterocycles. The Balaban J connectivity index is 2.03. The maximum atomic E-state index is 12.0. The van der Waals surface area contributed by atoms with E-state index in [2.05, 4.69) is 6.92 Å². The summed E-state index contributed by atoms with van der Waals surface area (Å²) in [6.45, 7) is 3.62. The van der Waals surface area contributed by atoms with Crippen molar-refractivity contribution in [3.63, 3.8) is 0 Å². The van der Waals surface area contributed by atoms with E-state index in [-0.39, 0.29) is 5.41 Å². The second-order valence-corrected chi connectivity index (χ2v) is 4.59. The van der Waals surface area contributed by atoms with Gasteiger partial charge < -0.3 is 10.6 Å². The Morgan fingerprint density at radius 3 is 2.85 bits per heavy atom. The number of rotatable bonds is 2. The molecule has 0 bridgehead atoms. The lowest BCUT2D eigenvalue weighted by Gasteiger charge is -2.26. The average Bonchev–Trinajstić information content (AvgIpc) is 2.71. The highest BCUT2D eigenvalue weighted by Gasteiger charge is 2.48. The van der Waals surface area contributed by atoms with Crippen LogP contribution >= 0.6 is 0 Å². The quantitative estimate of drug-likeness (QED) is 0.684. The number of amides is 1. The minimum Gasteiger partial charge on any atom is -0.338 e. The first-order valence-corrected chi connectivity index (χ1v) is 5.18. The zero-order chi connectivity index (χ0) is 9.47. The Morgan fingerprint density at radius 1 is 1.62 bits per heavy atom. The molecule has 2 rings (SSSR count). The highest BCUT2D eigenvalue weighted by Crippen LogP contribution is 2.47. The minimum atomic E-state index is -0.0161. The number of hydrogen-bond acceptors (Lipinski definition) is 2. The van der Waals surface area contributed by atoms with Crippen molar-refractivity contribution < 1.29 is 4.79 Å². The second-order valence-electron chi connectivity index (χ2n) is 4.59. The predicted octanol–water partition coefficient (Wildman–Crippen LogP) is 0.736. The second kappa shape index (κ2) is 2.98. The number of carbonyl (C=O) groups is 1. The lowest BCUT2D eigenvalue weighted by Crippen LogP contribution is -2.43. The van der Waals surface area contributed by atoms with E-state index in [0.29, 0.717) is 18.5 Å². The van der Waals surface area contributed by atoms with Gasteiger partial charge in [0.1, 0.15) is 0 Å². The van der Waals surface area contributed by atoms with Gasteiger partial charge in [0.05, 0.1) is 0 Å². The van der Waals surface area contributed by atoms with E-state index in [1.165, 1.54) is 0 Å². The fourth-order valence-corrected chi connectivity index (χ4v) is 2.10. The molecule has 0 aromatic rings. The van der Waals surface area contributed by atoms with Crippen LogP contribution in [-0.4, -0.2) is 29.9 Å². The smallest absolute Gasteiger partial charge is 0.228 e. The van der Waals surface area contributed by atoms with Gasteiger partial charge >= 0.3 is 0 Å². The van der Waals surface area contributed by atoms with Crippen molar-refractivity contribution in [2.75, 3.05) is 13.1 Å². The summed E-state index contributed by atoms with van der Waals surface area (Å²) in [5, 5.41) is 0. The number of likely N-dealkylation sites (tertiary alicyclic amines) is 1. The van der Waals surface area contributed by atoms with Crippen molar-refractivity contribution in [1.82, 2.24) is 4.90 Å². The Bertz CT molecular complexity index is 223. The molecule has 2 fully saturated rings. The fourth-order valence-electron chi connectivity index (χ4n) is 2.10. The molecule has 2 aliphatic rings. The van der Waals surface area contributed by atoms with Crippen molar-refractivity contribution in [1.29, 1.82) is 0 Å². The van der Waals surface area contributed by atoms with Crippen LogP contribution in [0.15, 0.2) is 0 Å². The first-order valence-electron chi connectivity index (χ1n) is 5.18. The molecule has 1 aliphatic heterocycles. The fraction of sp³-hybridized carbons (Fsp3) is 0.900. The summed E-state index contributed by atoms with van der Waals surface area (Å²) in [5.41, 5.74) is 5.62. The molecule has 1 saturated carbocycles. The number of nitrogens with two attached hydrogens (primary N) is 1. The van der Waals surface area contributed by atoms with E-state index in [9.17, 15) is 4.79 Å². The van der Waals surface area contributed by atoms with Gasteiger partial charge in [-0.3, -0.25) is 4.79 Å². The van der Waals surface area contributed by atoms with E-state index in [4.69, 9.17) is 5.73 Å². The highest BCUT2D eigenvalue weighted by molar-refractivity contribution is 5.85. The number of nitrogens with zero attached hydrogens (tertiary/aromatic N) is 1. The lowest BCUT2D eigenvalue weighted by molar-refractivity contribution is -0.137. The monoisotopic (exact) mass is 182 g/mol. The molecule has 1 unspecified atom stereocenters. The van der Waals surface area contributed by atoms with Crippen LogP contribution in [0.5, 0.6) is 0 Å². The first-order chi connectivity index (χ1) is 6.17. The van der Waals surface area contributed by atoms with Crippen molar-refractivity contribution >= 4 is 5.91 Å². The van der Waals surface area contributed by atoms with Crippen molar-refractivity contribution in [3.8, 4) is 0 Å². The summed E-state index contributed by atoms with van der Waals surface area (Å²) in [7, 11) is 0. The third kappa shape index (κ3) is 1.46. The van der Waals surface area contributed by atoms with Crippen LogP contribution in [0.1, 0.15) is 32.6 Å². The molecule has 74 valence electrons. The van der Waals surface area contributed by atoms with E-state index in [0.717, 1.165) is 32.2 Å². The maximum Gasteiger partial charge on any atom is 0.228 e. The van der Waals surface area contributed by atoms with Crippen LogP contribution in [0, 0.1) is 5.41 Å². The Hall–Kier alpha value is -0.570. The normalized spacial score (nSPS) is 30.6. The molecular weight excluding hydrogens is 164 g/mol. The first kappa shape index (κ1) is 9.00. The van der Waals surface area contributed by atoms with Gasteiger partial charge in [-0.05, 0) is 25.7 Å². The Labute approximate surface area is 79.3 Å². The molecular formula is C10H18N2O. The number of hydrogen-bond donors (Lipinski definition) is 1. The molecule has 13 heavy (non-hydrogen) atoms. The molecule has 0 aromatic carbocycles. The van der Waals surface area contributed by atoms with Gasteiger partial charge in [0.2, 0.25) is 5.91 Å². The molecule has 1 saturated heterocycles. The van der Waals surface area contributed by atoms with Gasteiger partial charge in [-0.2, -0.15) is 0 Å². The summed E-state index contributed by atoms with van der Waals surface area (Å²) >= 11 is 0. The maximum absolute atomic E-state index is 12.0. The molecule has 0 spiro atoms. The Kier molecular flexibility index (Phi) is 2.06. The van der Waals surface area contributed by atoms with Crippen LogP contribution in [0.4, 0.5) is 0 Å². The van der Waals surface area contributed by atoms with Crippen molar-refractivity contribution in [2.24, 2.45) is 11.1 Å².